The number of hydrogen-bond acceptors (Lipinski definition) is 6. The van der Waals surface area contributed by atoms with Gasteiger partial charge in [0.05, 0.1) is 15.6 Å². The third-order valence-electron chi connectivity index (χ3n) is 5.45. The molecule has 8 heteroatoms. The molecule has 1 saturated heterocycles. The summed E-state index contributed by atoms with van der Waals surface area (Å²) >= 11 is 1.62. The Labute approximate surface area is 168 Å². The first-order valence-electron chi connectivity index (χ1n) is 9.67. The van der Waals surface area contributed by atoms with Gasteiger partial charge in [-0.3, -0.25) is 0 Å². The molecule has 2 aliphatic rings. The Hall–Kier alpha value is -2.03. The van der Waals surface area contributed by atoms with E-state index in [2.05, 4.69) is 5.32 Å². The summed E-state index contributed by atoms with van der Waals surface area (Å²) in [6.07, 6.45) is 3.22. The normalized spacial score (nSPS) is 19.1. The van der Waals surface area contributed by atoms with Gasteiger partial charge in [0.2, 0.25) is 10.0 Å². The first-order valence-corrected chi connectivity index (χ1v) is 12.1. The number of fused-ring (bicyclic) bond motifs is 1. The number of aromatic nitrogens is 2. The van der Waals surface area contributed by atoms with Crippen LogP contribution in [0.2, 0.25) is 0 Å². The van der Waals surface area contributed by atoms with E-state index in [0.29, 0.717) is 13.1 Å². The number of hydrogen-bond donors (Lipinski definition) is 1. The average Bonchev–Trinajstić information content (AvgIpc) is 3.44. The highest BCUT2D eigenvalue weighted by Gasteiger charge is 2.41. The fraction of sp³-hybridized carbons (Fsp3) is 0.400. The fourth-order valence-corrected chi connectivity index (χ4v) is 6.26. The van der Waals surface area contributed by atoms with E-state index >= 15 is 0 Å². The number of nitrogens with zero attached hydrogens (tertiary/aromatic N) is 3. The molecule has 0 radical (unpaired) electrons. The Morgan fingerprint density at radius 3 is 2.50 bits per heavy atom. The maximum atomic E-state index is 12.4. The quantitative estimate of drug-likeness (QED) is 0.689. The number of rotatable bonds is 5. The molecule has 1 aliphatic carbocycles. The molecule has 1 saturated carbocycles. The molecule has 0 bridgehead atoms. The van der Waals surface area contributed by atoms with Crippen LogP contribution in [0.25, 0.3) is 21.6 Å². The van der Waals surface area contributed by atoms with E-state index in [0.717, 1.165) is 53.1 Å². The van der Waals surface area contributed by atoms with Crippen molar-refractivity contribution in [3.8, 4) is 10.7 Å². The van der Waals surface area contributed by atoms with Crippen LogP contribution in [0.5, 0.6) is 0 Å². The lowest BCUT2D eigenvalue weighted by Gasteiger charge is -2.32. The van der Waals surface area contributed by atoms with Crippen LogP contribution in [0.3, 0.4) is 0 Å². The molecule has 6 nitrogen and oxygen atoms in total. The third kappa shape index (κ3) is 3.40. The highest BCUT2D eigenvalue weighted by atomic mass is 32.2. The third-order valence-corrected chi connectivity index (χ3v) is 8.71. The van der Waals surface area contributed by atoms with Gasteiger partial charge in [-0.2, -0.15) is 0 Å². The molecule has 1 aliphatic heterocycles. The first kappa shape index (κ1) is 18.0. The minimum Gasteiger partial charge on any atom is -0.367 e. The number of benzene rings is 1. The number of thiophene rings is 1. The zero-order chi connectivity index (χ0) is 19.1. The number of anilines is 1. The summed E-state index contributed by atoms with van der Waals surface area (Å²) < 4.78 is 26.6. The van der Waals surface area contributed by atoms with Crippen LogP contribution in [0.1, 0.15) is 25.7 Å². The minimum absolute atomic E-state index is 0.129. The number of para-hydroxylation sites is 1. The van der Waals surface area contributed by atoms with Crippen molar-refractivity contribution >= 4 is 38.1 Å². The molecular formula is C20H22N4O2S2. The van der Waals surface area contributed by atoms with E-state index < -0.39 is 10.0 Å². The van der Waals surface area contributed by atoms with E-state index in [9.17, 15) is 8.42 Å². The van der Waals surface area contributed by atoms with Crippen LogP contribution in [-0.2, 0) is 10.0 Å². The van der Waals surface area contributed by atoms with Crippen LogP contribution in [0.15, 0.2) is 41.8 Å². The Morgan fingerprint density at radius 2 is 1.79 bits per heavy atom. The van der Waals surface area contributed by atoms with Gasteiger partial charge in [0.25, 0.3) is 0 Å². The molecule has 0 atom stereocenters. The van der Waals surface area contributed by atoms with Crippen LogP contribution < -0.4 is 5.32 Å². The fourth-order valence-electron chi connectivity index (χ4n) is 3.73. The molecular weight excluding hydrogens is 392 g/mol. The van der Waals surface area contributed by atoms with E-state index in [4.69, 9.17) is 9.97 Å². The average molecular weight is 415 g/mol. The summed E-state index contributed by atoms with van der Waals surface area (Å²) in [7, 11) is -3.07. The van der Waals surface area contributed by atoms with E-state index in [1.165, 1.54) is 0 Å². The number of piperidine rings is 1. The Morgan fingerprint density at radius 1 is 1.00 bits per heavy atom. The molecule has 3 aromatic rings. The van der Waals surface area contributed by atoms with Gasteiger partial charge in [0.1, 0.15) is 5.82 Å². The molecule has 28 heavy (non-hydrogen) atoms. The second-order valence-corrected chi connectivity index (χ2v) is 10.6. The van der Waals surface area contributed by atoms with E-state index in [-0.39, 0.29) is 11.3 Å². The minimum atomic E-state index is -3.07. The molecule has 1 N–H and O–H groups in total. The Balaban J connectivity index is 1.38. The summed E-state index contributed by atoms with van der Waals surface area (Å²) in [5.41, 5.74) is 0.914. The zero-order valence-electron chi connectivity index (χ0n) is 15.4. The van der Waals surface area contributed by atoms with Crippen LogP contribution in [-0.4, -0.2) is 47.1 Å². The van der Waals surface area contributed by atoms with Crippen molar-refractivity contribution in [1.29, 1.82) is 0 Å². The Bertz CT molecular complexity index is 1090. The summed E-state index contributed by atoms with van der Waals surface area (Å²) in [5, 5.41) is 6.47. The lowest BCUT2D eigenvalue weighted by atomic mass is 10.1. The van der Waals surface area contributed by atoms with E-state index in [1.54, 1.807) is 15.6 Å². The molecule has 0 amide bonds. The maximum Gasteiger partial charge on any atom is 0.216 e. The molecule has 5 rings (SSSR count). The molecule has 3 heterocycles. The van der Waals surface area contributed by atoms with Gasteiger partial charge in [0, 0.05) is 24.5 Å². The van der Waals surface area contributed by atoms with Crippen molar-refractivity contribution in [3.63, 3.8) is 0 Å². The second kappa shape index (κ2) is 7.09. The van der Waals surface area contributed by atoms with Crippen molar-refractivity contribution < 1.29 is 8.42 Å². The first-order chi connectivity index (χ1) is 13.6. The topological polar surface area (TPSA) is 75.2 Å². The van der Waals surface area contributed by atoms with Gasteiger partial charge in [0.15, 0.2) is 5.82 Å². The summed E-state index contributed by atoms with van der Waals surface area (Å²) in [4.78, 5) is 10.6. The van der Waals surface area contributed by atoms with Crippen molar-refractivity contribution in [2.75, 3.05) is 18.4 Å². The molecule has 2 fully saturated rings. The van der Waals surface area contributed by atoms with Gasteiger partial charge < -0.3 is 5.32 Å². The molecule has 2 aromatic heterocycles. The largest absolute Gasteiger partial charge is 0.367 e. The predicted octanol–water partition coefficient (Wildman–Crippen LogP) is 3.73. The van der Waals surface area contributed by atoms with Gasteiger partial charge >= 0.3 is 0 Å². The number of sulfonamides is 1. The monoisotopic (exact) mass is 414 g/mol. The standard InChI is InChI=1S/C20H22N4O2S2/c25-28(26,15-7-8-15)24-11-9-14(10-12-24)21-19-16-4-1-2-5-17(16)22-20(23-19)18-6-3-13-27-18/h1-6,13-15H,7-12H2,(H,21,22,23). The summed E-state index contributed by atoms with van der Waals surface area (Å²) in [6, 6.07) is 12.2. The molecule has 0 spiro atoms. The van der Waals surface area contributed by atoms with Crippen LogP contribution in [0, 0.1) is 0 Å². The number of nitrogens with one attached hydrogen (secondary N) is 1. The van der Waals surface area contributed by atoms with Gasteiger partial charge in [-0.15, -0.1) is 11.3 Å². The van der Waals surface area contributed by atoms with Gasteiger partial charge in [-0.1, -0.05) is 18.2 Å². The van der Waals surface area contributed by atoms with Crippen molar-refractivity contribution in [1.82, 2.24) is 14.3 Å². The van der Waals surface area contributed by atoms with E-state index in [1.807, 2.05) is 41.8 Å². The molecule has 0 unspecified atom stereocenters. The lowest BCUT2D eigenvalue weighted by molar-refractivity contribution is 0.329. The molecule has 146 valence electrons. The SMILES string of the molecule is O=S(=O)(C1CC1)N1CCC(Nc2nc(-c3cccs3)nc3ccccc23)CC1. The highest BCUT2D eigenvalue weighted by molar-refractivity contribution is 7.90. The molecule has 1 aromatic carbocycles. The lowest BCUT2D eigenvalue weighted by Crippen LogP contribution is -2.43. The van der Waals surface area contributed by atoms with Crippen LogP contribution >= 0.6 is 11.3 Å². The van der Waals surface area contributed by atoms with Gasteiger partial charge in [-0.05, 0) is 49.3 Å². The van der Waals surface area contributed by atoms with Crippen LogP contribution in [0.4, 0.5) is 5.82 Å². The highest BCUT2D eigenvalue weighted by Crippen LogP contribution is 2.33. The predicted molar refractivity (Wildman–Crippen MR) is 113 cm³/mol. The van der Waals surface area contributed by atoms with Gasteiger partial charge in [-0.25, -0.2) is 22.7 Å². The maximum absolute atomic E-state index is 12.4. The van der Waals surface area contributed by atoms with Crippen molar-refractivity contribution in [2.45, 2.75) is 37.0 Å². The smallest absolute Gasteiger partial charge is 0.216 e. The van der Waals surface area contributed by atoms with Crippen molar-refractivity contribution in [2.24, 2.45) is 0 Å². The van der Waals surface area contributed by atoms with Crippen molar-refractivity contribution in [3.05, 3.63) is 41.8 Å². The summed E-state index contributed by atoms with van der Waals surface area (Å²) in [6.45, 7) is 1.16. The summed E-state index contributed by atoms with van der Waals surface area (Å²) in [5.74, 6) is 1.56. The Kier molecular flexibility index (Phi) is 4.57. The zero-order valence-corrected chi connectivity index (χ0v) is 17.0. The second-order valence-electron chi connectivity index (χ2n) is 7.45.